The second kappa shape index (κ2) is 8.02. The lowest BCUT2D eigenvalue weighted by molar-refractivity contribution is -0.133. The van der Waals surface area contributed by atoms with Crippen LogP contribution in [0.1, 0.15) is 29.0 Å². The Kier molecular flexibility index (Phi) is 5.76. The highest BCUT2D eigenvalue weighted by atomic mass is 35.5. The minimum atomic E-state index is 0.214. The van der Waals surface area contributed by atoms with Gasteiger partial charge in [-0.25, -0.2) is 0 Å². The van der Waals surface area contributed by atoms with Gasteiger partial charge in [-0.15, -0.1) is 0 Å². The van der Waals surface area contributed by atoms with Gasteiger partial charge in [0.15, 0.2) is 0 Å². The summed E-state index contributed by atoms with van der Waals surface area (Å²) in [6, 6.07) is 7.96. The molecule has 3 rings (SSSR count). The number of carbonyl (C=O) groups is 1. The van der Waals surface area contributed by atoms with Crippen LogP contribution in [0.2, 0.25) is 5.02 Å². The molecule has 1 saturated heterocycles. The van der Waals surface area contributed by atoms with Crippen molar-refractivity contribution in [3.05, 3.63) is 51.9 Å². The Hall–Kier alpha value is -1.85. The molecule has 25 heavy (non-hydrogen) atoms. The Morgan fingerprint density at radius 2 is 1.84 bits per heavy atom. The summed E-state index contributed by atoms with van der Waals surface area (Å²) >= 11 is 5.93. The zero-order chi connectivity index (χ0) is 17.8. The van der Waals surface area contributed by atoms with Crippen LogP contribution in [0.4, 0.5) is 0 Å². The van der Waals surface area contributed by atoms with Gasteiger partial charge in [-0.1, -0.05) is 28.9 Å². The Morgan fingerprint density at radius 3 is 2.44 bits per heavy atom. The van der Waals surface area contributed by atoms with E-state index >= 15 is 0 Å². The van der Waals surface area contributed by atoms with Gasteiger partial charge in [0.1, 0.15) is 5.76 Å². The maximum Gasteiger partial charge on any atom is 0.222 e. The van der Waals surface area contributed by atoms with E-state index in [1.807, 2.05) is 30.9 Å². The standard InChI is InChI=1S/C19H24ClN3O2/c1-14-18(15(2)25-21-14)7-8-19(24)23-11-9-22(10-12-23)13-16-3-5-17(20)6-4-16/h3-6H,7-13H2,1-2H3. The lowest BCUT2D eigenvalue weighted by Gasteiger charge is -2.34. The van der Waals surface area contributed by atoms with E-state index < -0.39 is 0 Å². The molecule has 1 amide bonds. The third kappa shape index (κ3) is 4.61. The highest BCUT2D eigenvalue weighted by molar-refractivity contribution is 6.30. The number of benzene rings is 1. The molecule has 1 aliphatic rings. The zero-order valence-corrected chi connectivity index (χ0v) is 15.6. The summed E-state index contributed by atoms with van der Waals surface area (Å²) in [5, 5.41) is 4.71. The van der Waals surface area contributed by atoms with Gasteiger partial charge in [-0.3, -0.25) is 9.69 Å². The Balaban J connectivity index is 1.45. The van der Waals surface area contributed by atoms with Gasteiger partial charge in [0.05, 0.1) is 5.69 Å². The number of amides is 1. The summed E-state index contributed by atoms with van der Waals surface area (Å²) in [6.45, 7) is 8.10. The van der Waals surface area contributed by atoms with Crippen LogP contribution in [-0.2, 0) is 17.8 Å². The monoisotopic (exact) mass is 361 g/mol. The molecular formula is C19H24ClN3O2. The molecule has 5 nitrogen and oxygen atoms in total. The summed E-state index contributed by atoms with van der Waals surface area (Å²) in [5.74, 6) is 1.03. The van der Waals surface area contributed by atoms with Crippen molar-refractivity contribution in [2.75, 3.05) is 26.2 Å². The largest absolute Gasteiger partial charge is 0.361 e. The first kappa shape index (κ1) is 18.0. The molecule has 0 bridgehead atoms. The third-order valence-corrected chi connectivity index (χ3v) is 5.07. The second-order valence-corrected chi connectivity index (χ2v) is 7.02. The number of halogens is 1. The number of hydrogen-bond donors (Lipinski definition) is 0. The number of carbonyl (C=O) groups excluding carboxylic acids is 1. The minimum absolute atomic E-state index is 0.214. The summed E-state index contributed by atoms with van der Waals surface area (Å²) in [6.07, 6.45) is 1.21. The van der Waals surface area contributed by atoms with Gasteiger partial charge in [-0.2, -0.15) is 0 Å². The maximum absolute atomic E-state index is 12.5. The highest BCUT2D eigenvalue weighted by Crippen LogP contribution is 2.16. The van der Waals surface area contributed by atoms with Crippen molar-refractivity contribution in [1.29, 1.82) is 0 Å². The van der Waals surface area contributed by atoms with Crippen LogP contribution in [0, 0.1) is 13.8 Å². The predicted molar refractivity (Wildman–Crippen MR) is 97.6 cm³/mol. The van der Waals surface area contributed by atoms with E-state index in [9.17, 15) is 4.79 Å². The quantitative estimate of drug-likeness (QED) is 0.820. The SMILES string of the molecule is Cc1noc(C)c1CCC(=O)N1CCN(Cc2ccc(Cl)cc2)CC1. The molecule has 2 heterocycles. The van der Waals surface area contributed by atoms with Crippen LogP contribution in [-0.4, -0.2) is 47.0 Å². The molecule has 1 aromatic heterocycles. The van der Waals surface area contributed by atoms with Crippen molar-refractivity contribution in [1.82, 2.24) is 15.0 Å². The first-order valence-corrected chi connectivity index (χ1v) is 9.07. The fraction of sp³-hybridized carbons (Fsp3) is 0.474. The molecule has 134 valence electrons. The van der Waals surface area contributed by atoms with Crippen molar-refractivity contribution in [3.8, 4) is 0 Å². The van der Waals surface area contributed by atoms with Crippen LogP contribution in [0.5, 0.6) is 0 Å². The van der Waals surface area contributed by atoms with Gasteiger partial charge in [0.25, 0.3) is 0 Å². The molecule has 0 atom stereocenters. The van der Waals surface area contributed by atoms with E-state index in [4.69, 9.17) is 16.1 Å². The lowest BCUT2D eigenvalue weighted by atomic mass is 10.1. The van der Waals surface area contributed by atoms with Crippen molar-refractivity contribution in [3.63, 3.8) is 0 Å². The first-order chi connectivity index (χ1) is 12.0. The molecule has 0 aliphatic carbocycles. The molecule has 0 saturated carbocycles. The van der Waals surface area contributed by atoms with Crippen LogP contribution >= 0.6 is 11.6 Å². The van der Waals surface area contributed by atoms with E-state index in [0.29, 0.717) is 12.8 Å². The number of piperazine rings is 1. The van der Waals surface area contributed by atoms with E-state index in [0.717, 1.165) is 54.8 Å². The van der Waals surface area contributed by atoms with Gasteiger partial charge >= 0.3 is 0 Å². The first-order valence-electron chi connectivity index (χ1n) is 8.69. The molecule has 1 fully saturated rings. The van der Waals surface area contributed by atoms with Crippen molar-refractivity contribution >= 4 is 17.5 Å². The van der Waals surface area contributed by atoms with Gasteiger partial charge in [-0.05, 0) is 38.0 Å². The summed E-state index contributed by atoms with van der Waals surface area (Å²) < 4.78 is 5.16. The molecule has 0 N–H and O–H groups in total. The molecule has 2 aromatic rings. The molecule has 0 spiro atoms. The Bertz CT molecular complexity index is 699. The number of aryl methyl sites for hydroxylation is 2. The second-order valence-electron chi connectivity index (χ2n) is 6.59. The van der Waals surface area contributed by atoms with Gasteiger partial charge in [0.2, 0.25) is 5.91 Å². The molecule has 1 aromatic carbocycles. The average Bonchev–Trinajstić information content (AvgIpc) is 2.93. The van der Waals surface area contributed by atoms with E-state index in [2.05, 4.69) is 22.2 Å². The summed E-state index contributed by atoms with van der Waals surface area (Å²) in [5.41, 5.74) is 3.20. The molecular weight excluding hydrogens is 338 g/mol. The number of hydrogen-bond acceptors (Lipinski definition) is 4. The number of aromatic nitrogens is 1. The Morgan fingerprint density at radius 1 is 1.16 bits per heavy atom. The Labute approximate surface area is 153 Å². The number of nitrogens with zero attached hydrogens (tertiary/aromatic N) is 3. The average molecular weight is 362 g/mol. The normalized spacial score (nSPS) is 15.6. The number of rotatable bonds is 5. The molecule has 0 radical (unpaired) electrons. The predicted octanol–water partition coefficient (Wildman–Crippen LogP) is 3.22. The van der Waals surface area contributed by atoms with Gasteiger partial charge < -0.3 is 9.42 Å². The van der Waals surface area contributed by atoms with Crippen molar-refractivity contribution in [2.24, 2.45) is 0 Å². The zero-order valence-electron chi connectivity index (χ0n) is 14.8. The molecule has 0 unspecified atom stereocenters. The van der Waals surface area contributed by atoms with Crippen LogP contribution in [0.3, 0.4) is 0 Å². The third-order valence-electron chi connectivity index (χ3n) is 4.81. The lowest BCUT2D eigenvalue weighted by Crippen LogP contribution is -2.48. The van der Waals surface area contributed by atoms with Crippen LogP contribution in [0.25, 0.3) is 0 Å². The summed E-state index contributed by atoms with van der Waals surface area (Å²) in [4.78, 5) is 16.8. The minimum Gasteiger partial charge on any atom is -0.361 e. The fourth-order valence-corrected chi connectivity index (χ4v) is 3.38. The van der Waals surface area contributed by atoms with E-state index in [1.54, 1.807) is 0 Å². The van der Waals surface area contributed by atoms with Gasteiger partial charge in [0, 0.05) is 49.7 Å². The van der Waals surface area contributed by atoms with Crippen LogP contribution in [0.15, 0.2) is 28.8 Å². The van der Waals surface area contributed by atoms with Crippen LogP contribution < -0.4 is 0 Å². The van der Waals surface area contributed by atoms with Crippen molar-refractivity contribution < 1.29 is 9.32 Å². The van der Waals surface area contributed by atoms with Crippen molar-refractivity contribution in [2.45, 2.75) is 33.2 Å². The fourth-order valence-electron chi connectivity index (χ4n) is 3.25. The maximum atomic E-state index is 12.5. The van der Waals surface area contributed by atoms with E-state index in [-0.39, 0.29) is 5.91 Å². The summed E-state index contributed by atoms with van der Waals surface area (Å²) in [7, 11) is 0. The smallest absolute Gasteiger partial charge is 0.222 e. The molecule has 6 heteroatoms. The highest BCUT2D eigenvalue weighted by Gasteiger charge is 2.21. The topological polar surface area (TPSA) is 49.6 Å². The van der Waals surface area contributed by atoms with E-state index in [1.165, 1.54) is 5.56 Å². The molecule has 1 aliphatic heterocycles.